The van der Waals surface area contributed by atoms with Crippen LogP contribution in [0.15, 0.2) is 47.1 Å². The maximum atomic E-state index is 5.33. The Labute approximate surface area is 102 Å². The van der Waals surface area contributed by atoms with E-state index in [0.717, 1.165) is 18.7 Å². The van der Waals surface area contributed by atoms with Gasteiger partial charge in [-0.05, 0) is 42.5 Å². The van der Waals surface area contributed by atoms with Gasteiger partial charge >= 0.3 is 0 Å². The minimum atomic E-state index is 0.579. The van der Waals surface area contributed by atoms with E-state index in [4.69, 9.17) is 4.42 Å². The first-order valence-corrected chi connectivity index (χ1v) is 6.24. The van der Waals surface area contributed by atoms with Gasteiger partial charge in [-0.2, -0.15) is 0 Å². The van der Waals surface area contributed by atoms with Gasteiger partial charge < -0.3 is 9.73 Å². The maximum Gasteiger partial charge on any atom is 0.117 e. The summed E-state index contributed by atoms with van der Waals surface area (Å²) in [4.78, 5) is 0. The largest absolute Gasteiger partial charge is 0.468 e. The average molecular weight is 227 g/mol. The molecule has 3 rings (SSSR count). The highest BCUT2D eigenvalue weighted by molar-refractivity contribution is 5.30. The molecule has 1 atom stereocenters. The monoisotopic (exact) mass is 227 g/mol. The number of rotatable bonds is 3. The molecule has 1 N–H and O–H groups in total. The second kappa shape index (κ2) is 4.76. The molecule has 0 fully saturated rings. The van der Waals surface area contributed by atoms with Crippen molar-refractivity contribution in [1.29, 1.82) is 0 Å². The summed E-state index contributed by atoms with van der Waals surface area (Å²) in [6.07, 6.45) is 5.27. The van der Waals surface area contributed by atoms with E-state index in [0.29, 0.717) is 6.04 Å². The van der Waals surface area contributed by atoms with Crippen molar-refractivity contribution in [2.45, 2.75) is 31.8 Å². The summed E-state index contributed by atoms with van der Waals surface area (Å²) in [6.45, 7) is 0.833. The number of aryl methyl sites for hydroxylation is 1. The minimum absolute atomic E-state index is 0.579. The second-order valence-electron chi connectivity index (χ2n) is 4.67. The lowest BCUT2D eigenvalue weighted by atomic mass is 9.88. The van der Waals surface area contributed by atoms with Crippen molar-refractivity contribution < 1.29 is 4.42 Å². The molecule has 0 spiro atoms. The number of nitrogens with one attached hydrogen (secondary N) is 1. The lowest BCUT2D eigenvalue weighted by Gasteiger charge is -2.25. The van der Waals surface area contributed by atoms with E-state index in [2.05, 4.69) is 29.6 Å². The molecule has 0 radical (unpaired) electrons. The number of hydrogen-bond donors (Lipinski definition) is 1. The van der Waals surface area contributed by atoms with Crippen LogP contribution in [0.25, 0.3) is 0 Å². The zero-order valence-corrected chi connectivity index (χ0v) is 9.86. The number of furan rings is 1. The smallest absolute Gasteiger partial charge is 0.117 e. The van der Waals surface area contributed by atoms with Crippen LogP contribution in [0, 0.1) is 0 Å². The molecule has 0 aliphatic heterocycles. The zero-order chi connectivity index (χ0) is 11.5. The van der Waals surface area contributed by atoms with Crippen molar-refractivity contribution in [3.63, 3.8) is 0 Å². The van der Waals surface area contributed by atoms with E-state index >= 15 is 0 Å². The van der Waals surface area contributed by atoms with Crippen molar-refractivity contribution in [1.82, 2.24) is 5.32 Å². The van der Waals surface area contributed by atoms with E-state index in [9.17, 15) is 0 Å². The molecule has 88 valence electrons. The zero-order valence-electron chi connectivity index (χ0n) is 9.86. The first-order valence-electron chi connectivity index (χ1n) is 6.24. The van der Waals surface area contributed by atoms with Crippen molar-refractivity contribution in [2.75, 3.05) is 0 Å². The van der Waals surface area contributed by atoms with Crippen LogP contribution < -0.4 is 5.32 Å². The normalized spacial score (nSPS) is 18.9. The molecule has 2 nitrogen and oxygen atoms in total. The van der Waals surface area contributed by atoms with Crippen LogP contribution in [0.2, 0.25) is 0 Å². The highest BCUT2D eigenvalue weighted by Crippen LogP contribution is 2.21. The molecule has 2 aromatic rings. The summed E-state index contributed by atoms with van der Waals surface area (Å²) >= 11 is 0. The molecule has 17 heavy (non-hydrogen) atoms. The highest BCUT2D eigenvalue weighted by atomic mass is 16.3. The molecule has 1 aromatic heterocycles. The first-order chi connectivity index (χ1) is 8.42. The fraction of sp³-hybridized carbons (Fsp3) is 0.333. The molecular weight excluding hydrogens is 210 g/mol. The first kappa shape index (κ1) is 10.6. The Morgan fingerprint density at radius 1 is 1.12 bits per heavy atom. The second-order valence-corrected chi connectivity index (χ2v) is 4.67. The van der Waals surface area contributed by atoms with Gasteiger partial charge in [0.25, 0.3) is 0 Å². The predicted molar refractivity (Wildman–Crippen MR) is 67.8 cm³/mol. The van der Waals surface area contributed by atoms with Gasteiger partial charge in [0.05, 0.1) is 12.8 Å². The van der Waals surface area contributed by atoms with E-state index in [1.165, 1.54) is 24.0 Å². The summed E-state index contributed by atoms with van der Waals surface area (Å²) in [6, 6.07) is 13.3. The number of fused-ring (bicyclic) bond motifs is 1. The Kier molecular flexibility index (Phi) is 2.97. The standard InChI is InChI=1S/C15H17NO/c1-2-5-13-10-14(8-7-12(13)4-1)16-11-15-6-3-9-17-15/h1-6,9,14,16H,7-8,10-11H2/t14-/m1/s1. The Morgan fingerprint density at radius 3 is 2.82 bits per heavy atom. The van der Waals surface area contributed by atoms with Crippen molar-refractivity contribution in [3.8, 4) is 0 Å². The summed E-state index contributed by atoms with van der Waals surface area (Å²) < 4.78 is 5.33. The van der Waals surface area contributed by atoms with E-state index in [-0.39, 0.29) is 0 Å². The fourth-order valence-corrected chi connectivity index (χ4v) is 2.53. The Bertz CT molecular complexity index is 475. The van der Waals surface area contributed by atoms with Gasteiger partial charge in [0, 0.05) is 6.04 Å². The lowest BCUT2D eigenvalue weighted by molar-refractivity contribution is 0.416. The third-order valence-corrected chi connectivity index (χ3v) is 3.49. The van der Waals surface area contributed by atoms with Crippen LogP contribution in [0.1, 0.15) is 23.3 Å². The predicted octanol–water partition coefficient (Wildman–Crippen LogP) is 2.93. The molecule has 0 saturated heterocycles. The third-order valence-electron chi connectivity index (χ3n) is 3.49. The van der Waals surface area contributed by atoms with E-state index in [1.807, 2.05) is 12.1 Å². The molecule has 0 bridgehead atoms. The third kappa shape index (κ3) is 2.42. The van der Waals surface area contributed by atoms with Gasteiger partial charge in [-0.3, -0.25) is 0 Å². The van der Waals surface area contributed by atoms with Gasteiger partial charge in [0.2, 0.25) is 0 Å². The van der Waals surface area contributed by atoms with Crippen LogP contribution in [0.5, 0.6) is 0 Å². The molecule has 0 saturated carbocycles. The van der Waals surface area contributed by atoms with Crippen LogP contribution in [-0.4, -0.2) is 6.04 Å². The summed E-state index contributed by atoms with van der Waals surface area (Å²) in [5.41, 5.74) is 3.01. The van der Waals surface area contributed by atoms with E-state index in [1.54, 1.807) is 6.26 Å². The number of hydrogen-bond acceptors (Lipinski definition) is 2. The molecular formula is C15H17NO. The Morgan fingerprint density at radius 2 is 2.00 bits per heavy atom. The molecule has 1 heterocycles. The summed E-state index contributed by atoms with van der Waals surface area (Å²) in [7, 11) is 0. The van der Waals surface area contributed by atoms with Gasteiger partial charge in [-0.15, -0.1) is 0 Å². The topological polar surface area (TPSA) is 25.2 Å². The SMILES string of the molecule is c1coc(CN[C@@H]2CCc3ccccc3C2)c1. The van der Waals surface area contributed by atoms with Gasteiger partial charge in [-0.25, -0.2) is 0 Å². The average Bonchev–Trinajstić information content (AvgIpc) is 2.89. The Hall–Kier alpha value is -1.54. The highest BCUT2D eigenvalue weighted by Gasteiger charge is 2.17. The number of benzene rings is 1. The van der Waals surface area contributed by atoms with Crippen LogP contribution in [0.4, 0.5) is 0 Å². The quantitative estimate of drug-likeness (QED) is 0.872. The van der Waals surface area contributed by atoms with Crippen molar-refractivity contribution in [3.05, 3.63) is 59.5 Å². The lowest BCUT2D eigenvalue weighted by Crippen LogP contribution is -2.33. The molecule has 1 aromatic carbocycles. The molecule has 2 heteroatoms. The molecule has 1 aliphatic rings. The van der Waals surface area contributed by atoms with Gasteiger partial charge in [-0.1, -0.05) is 24.3 Å². The van der Waals surface area contributed by atoms with Crippen LogP contribution in [-0.2, 0) is 19.4 Å². The maximum absolute atomic E-state index is 5.33. The van der Waals surface area contributed by atoms with Crippen molar-refractivity contribution in [2.24, 2.45) is 0 Å². The molecule has 1 aliphatic carbocycles. The molecule has 0 amide bonds. The van der Waals surface area contributed by atoms with Gasteiger partial charge in [0.15, 0.2) is 0 Å². The molecule has 0 unspecified atom stereocenters. The van der Waals surface area contributed by atoms with Crippen LogP contribution in [0.3, 0.4) is 0 Å². The Balaban J connectivity index is 1.61. The van der Waals surface area contributed by atoms with Crippen molar-refractivity contribution >= 4 is 0 Å². The van der Waals surface area contributed by atoms with Gasteiger partial charge in [0.1, 0.15) is 5.76 Å². The van der Waals surface area contributed by atoms with E-state index < -0.39 is 0 Å². The summed E-state index contributed by atoms with van der Waals surface area (Å²) in [5, 5.41) is 3.57. The fourth-order valence-electron chi connectivity index (χ4n) is 2.53. The van der Waals surface area contributed by atoms with Crippen LogP contribution >= 0.6 is 0 Å². The minimum Gasteiger partial charge on any atom is -0.468 e. The summed E-state index contributed by atoms with van der Waals surface area (Å²) in [5.74, 6) is 1.02.